The predicted molar refractivity (Wildman–Crippen MR) is 57.6 cm³/mol. The van der Waals surface area contributed by atoms with E-state index in [2.05, 4.69) is 0 Å². The Kier molecular flexibility index (Phi) is 4.83. The van der Waals surface area contributed by atoms with Crippen LogP contribution in [0.1, 0.15) is 0 Å². The Bertz CT molecular complexity index is 518. The van der Waals surface area contributed by atoms with Gasteiger partial charge in [-0.25, -0.2) is 0 Å². The molecule has 0 spiro atoms. The fraction of sp³-hybridized carbons (Fsp3) is 0.300. The Hall–Kier alpha value is -2.39. The first-order valence-electron chi connectivity index (χ1n) is 5.09. The zero-order chi connectivity index (χ0) is 15.3. The summed E-state index contributed by atoms with van der Waals surface area (Å²) in [5.74, 6) is -2.44. The van der Waals surface area contributed by atoms with E-state index in [1.54, 1.807) is 5.32 Å². The Morgan fingerprint density at radius 3 is 2.55 bits per heavy atom. The molecule has 0 aliphatic rings. The van der Waals surface area contributed by atoms with Crippen LogP contribution in [0.25, 0.3) is 0 Å². The van der Waals surface area contributed by atoms with Crippen molar-refractivity contribution in [3.63, 3.8) is 0 Å². The number of ether oxygens (including phenoxy) is 1. The van der Waals surface area contributed by atoms with Gasteiger partial charge in [0.25, 0.3) is 5.91 Å². The highest BCUT2D eigenvalue weighted by Crippen LogP contribution is 2.22. The maximum Gasteiger partial charge on any atom is 0.405 e. The molecule has 0 aliphatic carbocycles. The lowest BCUT2D eigenvalue weighted by Crippen LogP contribution is -2.36. The lowest BCUT2D eigenvalue weighted by molar-refractivity contribution is -0.387. The van der Waals surface area contributed by atoms with Gasteiger partial charge in [-0.05, 0) is 6.07 Å². The van der Waals surface area contributed by atoms with Gasteiger partial charge in [0.15, 0.2) is 6.61 Å². The molecule has 0 unspecified atom stereocenters. The van der Waals surface area contributed by atoms with Crippen LogP contribution in [0.15, 0.2) is 18.2 Å². The van der Waals surface area contributed by atoms with Gasteiger partial charge in [-0.2, -0.15) is 17.6 Å². The molecule has 0 heterocycles. The van der Waals surface area contributed by atoms with Gasteiger partial charge < -0.3 is 10.1 Å². The van der Waals surface area contributed by atoms with Gasteiger partial charge in [0.1, 0.15) is 12.3 Å². The van der Waals surface area contributed by atoms with Gasteiger partial charge in [0, 0.05) is 12.1 Å². The van der Waals surface area contributed by atoms with Crippen LogP contribution in [0.4, 0.5) is 23.2 Å². The van der Waals surface area contributed by atoms with Crippen molar-refractivity contribution in [2.45, 2.75) is 6.18 Å². The monoisotopic (exact) mass is 296 g/mol. The summed E-state index contributed by atoms with van der Waals surface area (Å²) in [6, 6.07) is 2.51. The number of rotatable bonds is 5. The molecule has 0 aliphatic heterocycles. The van der Waals surface area contributed by atoms with Crippen LogP contribution in [-0.2, 0) is 4.79 Å². The van der Waals surface area contributed by atoms with E-state index in [0.717, 1.165) is 12.1 Å². The Morgan fingerprint density at radius 2 is 2.05 bits per heavy atom. The van der Waals surface area contributed by atoms with Crippen LogP contribution in [0, 0.1) is 15.9 Å². The van der Waals surface area contributed by atoms with E-state index in [0.29, 0.717) is 6.07 Å². The molecule has 1 N–H and O–H groups in total. The zero-order valence-corrected chi connectivity index (χ0v) is 9.74. The molecule has 1 amide bonds. The second-order valence-corrected chi connectivity index (χ2v) is 3.55. The molecule has 0 atom stereocenters. The molecule has 1 aromatic rings. The lowest BCUT2D eigenvalue weighted by Gasteiger charge is -2.09. The van der Waals surface area contributed by atoms with Crippen molar-refractivity contribution < 1.29 is 32.0 Å². The average molecular weight is 296 g/mol. The van der Waals surface area contributed by atoms with E-state index >= 15 is 0 Å². The van der Waals surface area contributed by atoms with Crippen molar-refractivity contribution in [1.82, 2.24) is 5.32 Å². The average Bonchev–Trinajstić information content (AvgIpc) is 2.32. The number of hydrogen-bond donors (Lipinski definition) is 1. The number of halogens is 4. The number of nitrogens with zero attached hydrogens (tertiary/aromatic N) is 1. The summed E-state index contributed by atoms with van der Waals surface area (Å²) in [7, 11) is 0. The third-order valence-corrected chi connectivity index (χ3v) is 1.97. The maximum absolute atomic E-state index is 13.2. The smallest absolute Gasteiger partial charge is 0.405 e. The standard InChI is InChI=1S/C10H8F4N2O4/c11-7-3-6(1-2-8(7)16(18)19)20-4-9(17)15-5-10(12,13)14/h1-3H,4-5H2,(H,15,17). The van der Waals surface area contributed by atoms with Gasteiger partial charge in [-0.3, -0.25) is 14.9 Å². The van der Waals surface area contributed by atoms with Gasteiger partial charge in [-0.1, -0.05) is 0 Å². The fourth-order valence-electron chi connectivity index (χ4n) is 1.12. The van der Waals surface area contributed by atoms with Gasteiger partial charge >= 0.3 is 11.9 Å². The minimum Gasteiger partial charge on any atom is -0.484 e. The molecule has 1 aromatic carbocycles. The minimum absolute atomic E-state index is 0.213. The molecular formula is C10H8F4N2O4. The van der Waals surface area contributed by atoms with Gasteiger partial charge in [0.05, 0.1) is 4.92 Å². The van der Waals surface area contributed by atoms with Crippen LogP contribution in [0.3, 0.4) is 0 Å². The van der Waals surface area contributed by atoms with Crippen molar-refractivity contribution in [3.05, 3.63) is 34.1 Å². The van der Waals surface area contributed by atoms with Crippen molar-refractivity contribution in [1.29, 1.82) is 0 Å². The lowest BCUT2D eigenvalue weighted by atomic mass is 10.3. The molecule has 0 fully saturated rings. The maximum atomic E-state index is 13.2. The third-order valence-electron chi connectivity index (χ3n) is 1.97. The number of carbonyl (C=O) groups excluding carboxylic acids is 1. The number of carbonyl (C=O) groups is 1. The highest BCUT2D eigenvalue weighted by atomic mass is 19.4. The first kappa shape index (κ1) is 15.7. The predicted octanol–water partition coefficient (Wildman–Crippen LogP) is 1.79. The SMILES string of the molecule is O=C(COc1ccc([N+](=O)[O-])c(F)c1)NCC(F)(F)F. The molecule has 0 saturated heterocycles. The zero-order valence-electron chi connectivity index (χ0n) is 9.74. The van der Waals surface area contributed by atoms with Gasteiger partial charge in [0.2, 0.25) is 5.82 Å². The van der Waals surface area contributed by atoms with E-state index in [1.165, 1.54) is 0 Å². The molecule has 1 rings (SSSR count). The van der Waals surface area contributed by atoms with Crippen molar-refractivity contribution >= 4 is 11.6 Å². The fourth-order valence-corrected chi connectivity index (χ4v) is 1.12. The number of amides is 1. The molecular weight excluding hydrogens is 288 g/mol. The molecule has 110 valence electrons. The van der Waals surface area contributed by atoms with E-state index in [4.69, 9.17) is 4.74 Å². The second kappa shape index (κ2) is 6.17. The van der Waals surface area contributed by atoms with Crippen molar-refractivity contribution in [2.24, 2.45) is 0 Å². The molecule has 20 heavy (non-hydrogen) atoms. The number of hydrogen-bond acceptors (Lipinski definition) is 4. The summed E-state index contributed by atoms with van der Waals surface area (Å²) >= 11 is 0. The number of nitro benzene ring substituents is 1. The largest absolute Gasteiger partial charge is 0.484 e. The Balaban J connectivity index is 2.52. The quantitative estimate of drug-likeness (QED) is 0.510. The topological polar surface area (TPSA) is 81.5 Å². The van der Waals surface area contributed by atoms with Crippen molar-refractivity contribution in [2.75, 3.05) is 13.2 Å². The van der Waals surface area contributed by atoms with E-state index in [9.17, 15) is 32.5 Å². The molecule has 0 saturated carbocycles. The summed E-state index contributed by atoms with van der Waals surface area (Å²) in [4.78, 5) is 20.4. The molecule has 6 nitrogen and oxygen atoms in total. The van der Waals surface area contributed by atoms with Crippen LogP contribution < -0.4 is 10.1 Å². The Morgan fingerprint density at radius 1 is 1.40 bits per heavy atom. The third kappa shape index (κ3) is 5.08. The molecule has 0 bridgehead atoms. The Labute approximate surface area is 109 Å². The van der Waals surface area contributed by atoms with Gasteiger partial charge in [-0.15, -0.1) is 0 Å². The highest BCUT2D eigenvalue weighted by molar-refractivity contribution is 5.77. The van der Waals surface area contributed by atoms with Crippen LogP contribution in [-0.4, -0.2) is 30.2 Å². The van der Waals surface area contributed by atoms with Crippen LogP contribution >= 0.6 is 0 Å². The highest BCUT2D eigenvalue weighted by Gasteiger charge is 2.27. The number of nitrogens with one attached hydrogen (secondary N) is 1. The molecule has 0 aromatic heterocycles. The number of alkyl halides is 3. The first-order chi connectivity index (χ1) is 9.19. The van der Waals surface area contributed by atoms with Crippen LogP contribution in [0.2, 0.25) is 0 Å². The summed E-state index contributed by atoms with van der Waals surface area (Å²) in [5, 5.41) is 11.9. The van der Waals surface area contributed by atoms with Crippen molar-refractivity contribution in [3.8, 4) is 5.75 Å². The normalized spacial score (nSPS) is 11.0. The summed E-state index contributed by atoms with van der Waals surface area (Å²) in [5.41, 5.74) is -0.779. The summed E-state index contributed by atoms with van der Waals surface area (Å²) in [6.45, 7) is -2.28. The number of nitro groups is 1. The molecule has 10 heteroatoms. The second-order valence-electron chi connectivity index (χ2n) is 3.55. The van der Waals surface area contributed by atoms with Crippen LogP contribution in [0.5, 0.6) is 5.75 Å². The van der Waals surface area contributed by atoms with E-state index in [1.807, 2.05) is 0 Å². The summed E-state index contributed by atoms with van der Waals surface area (Å²) in [6.07, 6.45) is -4.55. The molecule has 0 radical (unpaired) electrons. The van der Waals surface area contributed by atoms with E-state index in [-0.39, 0.29) is 5.75 Å². The minimum atomic E-state index is -4.55. The summed E-state index contributed by atoms with van der Waals surface area (Å²) < 4.78 is 53.2. The van der Waals surface area contributed by atoms with E-state index < -0.39 is 41.7 Å². The number of benzene rings is 1. The first-order valence-corrected chi connectivity index (χ1v) is 5.09.